The lowest BCUT2D eigenvalue weighted by molar-refractivity contribution is -0.139. The van der Waals surface area contributed by atoms with Crippen LogP contribution >= 0.6 is 0 Å². The molecule has 42 heavy (non-hydrogen) atoms. The van der Waals surface area contributed by atoms with Gasteiger partial charge in [0.15, 0.2) is 0 Å². The van der Waals surface area contributed by atoms with Crippen molar-refractivity contribution in [1.82, 2.24) is 10.2 Å². The van der Waals surface area contributed by atoms with Gasteiger partial charge in [-0.15, -0.1) is 0 Å². The Hall–Kier alpha value is -4.27. The second kappa shape index (κ2) is 14.6. The molecule has 0 fully saturated rings. The standard InChI is InChI=1S/C34H39N3O5/c1-23(2)21-37-22-30(41-3)32(42-4)27-15-8-9-16-28(27)36-33(39)26-14-10-13-25(19-26)17-18-31(38)35-29(34(37)40)20-24-11-6-5-7-12-24/h5-19,23,29-30,32H,20-22H2,1-4H3,(H,35,38)(H,36,39)/b18-17+/t29-,30+,32?/m0/s1. The van der Waals surface area contributed by atoms with E-state index in [0.29, 0.717) is 29.8 Å². The Labute approximate surface area is 247 Å². The van der Waals surface area contributed by atoms with Gasteiger partial charge >= 0.3 is 0 Å². The second-order valence-corrected chi connectivity index (χ2v) is 10.8. The molecule has 220 valence electrons. The van der Waals surface area contributed by atoms with Gasteiger partial charge in [-0.3, -0.25) is 14.4 Å². The molecule has 0 spiro atoms. The van der Waals surface area contributed by atoms with E-state index < -0.39 is 24.2 Å². The van der Waals surface area contributed by atoms with E-state index in [1.54, 1.807) is 43.4 Å². The average molecular weight is 570 g/mol. The maximum atomic E-state index is 14.2. The number of para-hydroxylation sites is 1. The highest BCUT2D eigenvalue weighted by Crippen LogP contribution is 2.30. The van der Waals surface area contributed by atoms with Crippen LogP contribution < -0.4 is 10.6 Å². The van der Waals surface area contributed by atoms with Crippen molar-refractivity contribution in [3.05, 3.63) is 107 Å². The Morgan fingerprint density at radius 1 is 0.881 bits per heavy atom. The second-order valence-electron chi connectivity index (χ2n) is 10.8. The van der Waals surface area contributed by atoms with E-state index in [0.717, 1.165) is 11.1 Å². The van der Waals surface area contributed by atoms with Crippen LogP contribution in [0.4, 0.5) is 5.69 Å². The maximum absolute atomic E-state index is 14.2. The molecule has 8 heteroatoms. The molecule has 4 rings (SSSR count). The summed E-state index contributed by atoms with van der Waals surface area (Å²) < 4.78 is 11.9. The molecule has 3 atom stereocenters. The first-order chi connectivity index (χ1) is 20.3. The SMILES string of the molecule is COC1c2ccccc2NC(=O)c2cccc(c2)/C=C/C(=O)N[C@@H](Cc2ccccc2)C(=O)N(CC(C)C)C[C@H]1OC. The van der Waals surface area contributed by atoms with Crippen LogP contribution in [0.5, 0.6) is 0 Å². The number of hydrogen-bond donors (Lipinski definition) is 2. The molecule has 8 nitrogen and oxygen atoms in total. The Balaban J connectivity index is 1.81. The molecular weight excluding hydrogens is 530 g/mol. The lowest BCUT2D eigenvalue weighted by atomic mass is 9.99. The van der Waals surface area contributed by atoms with E-state index in [1.807, 2.05) is 74.5 Å². The number of methoxy groups -OCH3 is 2. The summed E-state index contributed by atoms with van der Waals surface area (Å²) in [5.74, 6) is -0.750. The van der Waals surface area contributed by atoms with Crippen LogP contribution in [0.1, 0.15) is 47.0 Å². The molecule has 3 aromatic carbocycles. The quantitative estimate of drug-likeness (QED) is 0.441. The van der Waals surface area contributed by atoms with Crippen molar-refractivity contribution in [1.29, 1.82) is 0 Å². The predicted octanol–water partition coefficient (Wildman–Crippen LogP) is 4.88. The summed E-state index contributed by atoms with van der Waals surface area (Å²) in [6, 6.07) is 23.2. The maximum Gasteiger partial charge on any atom is 0.255 e. The van der Waals surface area contributed by atoms with Crippen LogP contribution in [-0.4, -0.2) is 62.1 Å². The van der Waals surface area contributed by atoms with Crippen LogP contribution in [-0.2, 0) is 25.5 Å². The first-order valence-corrected chi connectivity index (χ1v) is 14.2. The van der Waals surface area contributed by atoms with E-state index in [9.17, 15) is 14.4 Å². The number of anilines is 1. The lowest BCUT2D eigenvalue weighted by Crippen LogP contribution is -2.52. The number of ether oxygens (including phenoxy) is 2. The Morgan fingerprint density at radius 3 is 2.33 bits per heavy atom. The molecule has 0 radical (unpaired) electrons. The molecule has 0 aromatic heterocycles. The number of hydrogen-bond acceptors (Lipinski definition) is 5. The van der Waals surface area contributed by atoms with Gasteiger partial charge in [-0.25, -0.2) is 0 Å². The topological polar surface area (TPSA) is 97.0 Å². The normalized spacial score (nSPS) is 20.8. The number of nitrogens with zero attached hydrogens (tertiary/aromatic N) is 1. The molecule has 3 amide bonds. The zero-order valence-electron chi connectivity index (χ0n) is 24.6. The van der Waals surface area contributed by atoms with E-state index in [4.69, 9.17) is 9.47 Å². The van der Waals surface area contributed by atoms with E-state index >= 15 is 0 Å². The summed E-state index contributed by atoms with van der Waals surface area (Å²) in [6.07, 6.45) is 2.19. The minimum absolute atomic E-state index is 0.160. The molecule has 0 saturated heterocycles. The molecule has 1 heterocycles. The van der Waals surface area contributed by atoms with Gasteiger partial charge in [0.1, 0.15) is 18.2 Å². The van der Waals surface area contributed by atoms with Crippen molar-refractivity contribution in [3.8, 4) is 0 Å². The predicted molar refractivity (Wildman–Crippen MR) is 164 cm³/mol. The van der Waals surface area contributed by atoms with Crippen molar-refractivity contribution in [2.75, 3.05) is 32.6 Å². The largest absolute Gasteiger partial charge is 0.377 e. The van der Waals surface area contributed by atoms with Gasteiger partial charge in [0, 0.05) is 56.6 Å². The third-order valence-electron chi connectivity index (χ3n) is 7.18. The number of nitrogens with one attached hydrogen (secondary N) is 2. The van der Waals surface area contributed by atoms with E-state index in [-0.39, 0.29) is 24.3 Å². The molecule has 3 aromatic rings. The van der Waals surface area contributed by atoms with Crippen molar-refractivity contribution >= 4 is 29.5 Å². The zero-order valence-corrected chi connectivity index (χ0v) is 24.6. The third-order valence-corrected chi connectivity index (χ3v) is 7.18. The zero-order chi connectivity index (χ0) is 30.1. The van der Waals surface area contributed by atoms with Gasteiger partial charge in [-0.1, -0.05) is 74.5 Å². The first-order valence-electron chi connectivity index (χ1n) is 14.2. The van der Waals surface area contributed by atoms with Gasteiger partial charge < -0.3 is 25.0 Å². The highest BCUT2D eigenvalue weighted by molar-refractivity contribution is 6.05. The summed E-state index contributed by atoms with van der Waals surface area (Å²) in [7, 11) is 3.16. The molecular formula is C34H39N3O5. The van der Waals surface area contributed by atoms with E-state index in [2.05, 4.69) is 10.6 Å². The Kier molecular flexibility index (Phi) is 10.6. The fourth-order valence-electron chi connectivity index (χ4n) is 5.18. The van der Waals surface area contributed by atoms with Crippen LogP contribution in [0.15, 0.2) is 84.9 Å². The van der Waals surface area contributed by atoms with Crippen LogP contribution in [0.25, 0.3) is 6.08 Å². The fraction of sp³-hybridized carbons (Fsp3) is 0.324. The highest BCUT2D eigenvalue weighted by Gasteiger charge is 2.33. The minimum atomic E-state index is -0.806. The van der Waals surface area contributed by atoms with Crippen molar-refractivity contribution in [3.63, 3.8) is 0 Å². The van der Waals surface area contributed by atoms with Crippen LogP contribution in [0.2, 0.25) is 0 Å². The Morgan fingerprint density at radius 2 is 1.62 bits per heavy atom. The molecule has 0 saturated carbocycles. The van der Waals surface area contributed by atoms with Gasteiger partial charge in [0.2, 0.25) is 11.8 Å². The summed E-state index contributed by atoms with van der Waals surface area (Å²) in [5.41, 5.74) is 3.36. The Bertz CT molecular complexity index is 1410. The number of benzene rings is 3. The van der Waals surface area contributed by atoms with Gasteiger partial charge in [-0.05, 0) is 41.3 Å². The summed E-state index contributed by atoms with van der Waals surface area (Å²) in [4.78, 5) is 42.4. The number of carbonyl (C=O) groups is 3. The lowest BCUT2D eigenvalue weighted by Gasteiger charge is -2.35. The summed E-state index contributed by atoms with van der Waals surface area (Å²) >= 11 is 0. The average Bonchev–Trinajstić information content (AvgIpc) is 2.99. The van der Waals surface area contributed by atoms with Crippen LogP contribution in [0.3, 0.4) is 0 Å². The number of rotatable bonds is 6. The minimum Gasteiger partial charge on any atom is -0.377 e. The van der Waals surface area contributed by atoms with Gasteiger partial charge in [-0.2, -0.15) is 0 Å². The first kappa shape index (κ1) is 30.7. The number of amides is 3. The smallest absolute Gasteiger partial charge is 0.255 e. The summed E-state index contributed by atoms with van der Waals surface area (Å²) in [5, 5.41) is 5.94. The highest BCUT2D eigenvalue weighted by atomic mass is 16.5. The monoisotopic (exact) mass is 569 g/mol. The van der Waals surface area contributed by atoms with E-state index in [1.165, 1.54) is 6.08 Å². The molecule has 2 N–H and O–H groups in total. The fourth-order valence-corrected chi connectivity index (χ4v) is 5.18. The van der Waals surface area contributed by atoms with Gasteiger partial charge in [0.25, 0.3) is 5.91 Å². The number of fused-ring (bicyclic) bond motifs is 3. The van der Waals surface area contributed by atoms with Crippen molar-refractivity contribution < 1.29 is 23.9 Å². The van der Waals surface area contributed by atoms with Crippen molar-refractivity contribution in [2.45, 2.75) is 38.5 Å². The molecule has 0 aliphatic carbocycles. The molecule has 1 aliphatic heterocycles. The molecule has 1 unspecified atom stereocenters. The van der Waals surface area contributed by atoms with Crippen molar-refractivity contribution in [2.24, 2.45) is 5.92 Å². The summed E-state index contributed by atoms with van der Waals surface area (Å²) in [6.45, 7) is 4.75. The van der Waals surface area contributed by atoms with Gasteiger partial charge in [0.05, 0.1) is 0 Å². The third kappa shape index (κ3) is 7.93. The van der Waals surface area contributed by atoms with Crippen LogP contribution in [0, 0.1) is 5.92 Å². The number of carbonyl (C=O) groups excluding carboxylic acids is 3. The molecule has 2 bridgehead atoms. The molecule has 1 aliphatic rings.